The Morgan fingerprint density at radius 3 is 2.54 bits per heavy atom. The highest BCUT2D eigenvalue weighted by Gasteiger charge is 2.03. The van der Waals surface area contributed by atoms with E-state index in [0.717, 1.165) is 28.8 Å². The van der Waals surface area contributed by atoms with Crippen LogP contribution >= 0.6 is 15.9 Å². The summed E-state index contributed by atoms with van der Waals surface area (Å²) in [4.78, 5) is 14.2. The van der Waals surface area contributed by atoms with Gasteiger partial charge in [0.15, 0.2) is 0 Å². The van der Waals surface area contributed by atoms with E-state index in [0.29, 0.717) is 6.54 Å². The maximum atomic E-state index is 12.0. The van der Waals surface area contributed by atoms with E-state index in [-0.39, 0.29) is 12.5 Å². The molecule has 2 aromatic carbocycles. The zero-order valence-electron chi connectivity index (χ0n) is 14.2. The summed E-state index contributed by atoms with van der Waals surface area (Å²) in [6.45, 7) is 4.89. The first-order valence-corrected chi connectivity index (χ1v) is 8.88. The first kappa shape index (κ1) is 18.5. The molecule has 128 valence electrons. The number of anilines is 1. The van der Waals surface area contributed by atoms with Crippen LogP contribution in [0.25, 0.3) is 0 Å². The molecule has 2 rings (SSSR count). The molecule has 2 N–H and O–H groups in total. The number of benzene rings is 2. The van der Waals surface area contributed by atoms with Crippen molar-refractivity contribution in [2.45, 2.75) is 20.0 Å². The Labute approximate surface area is 152 Å². The van der Waals surface area contributed by atoms with Gasteiger partial charge in [-0.2, -0.15) is 0 Å². The molecule has 4 nitrogen and oxygen atoms in total. The molecule has 0 heterocycles. The molecule has 0 unspecified atom stereocenters. The van der Waals surface area contributed by atoms with Crippen molar-refractivity contribution in [3.05, 3.63) is 64.1 Å². The second kappa shape index (κ2) is 9.45. The van der Waals surface area contributed by atoms with E-state index in [1.165, 1.54) is 5.56 Å². The third kappa shape index (κ3) is 6.34. The van der Waals surface area contributed by atoms with Gasteiger partial charge in [0.25, 0.3) is 0 Å². The number of carbonyl (C=O) groups is 1. The van der Waals surface area contributed by atoms with Crippen LogP contribution in [0.5, 0.6) is 0 Å². The van der Waals surface area contributed by atoms with E-state index in [9.17, 15) is 4.79 Å². The van der Waals surface area contributed by atoms with Gasteiger partial charge in [-0.1, -0.05) is 47.1 Å². The quantitative estimate of drug-likeness (QED) is 0.724. The van der Waals surface area contributed by atoms with Gasteiger partial charge >= 0.3 is 0 Å². The van der Waals surface area contributed by atoms with Crippen molar-refractivity contribution in [1.29, 1.82) is 0 Å². The number of halogens is 1. The van der Waals surface area contributed by atoms with Crippen molar-refractivity contribution < 1.29 is 4.79 Å². The van der Waals surface area contributed by atoms with Crippen LogP contribution in [0.2, 0.25) is 0 Å². The minimum Gasteiger partial charge on any atom is -0.376 e. The molecule has 0 spiro atoms. The fourth-order valence-electron chi connectivity index (χ4n) is 2.27. The minimum absolute atomic E-state index is 0.0194. The lowest BCUT2D eigenvalue weighted by atomic mass is 10.1. The molecule has 0 saturated carbocycles. The van der Waals surface area contributed by atoms with Crippen LogP contribution in [0.1, 0.15) is 18.1 Å². The first-order chi connectivity index (χ1) is 11.6. The zero-order chi connectivity index (χ0) is 17.4. The van der Waals surface area contributed by atoms with E-state index in [1.54, 1.807) is 0 Å². The highest BCUT2D eigenvalue weighted by Crippen LogP contribution is 2.13. The Balaban J connectivity index is 1.78. The molecular formula is C19H24BrN3O. The molecule has 0 atom stereocenters. The number of amides is 1. The fourth-order valence-corrected chi connectivity index (χ4v) is 2.54. The van der Waals surface area contributed by atoms with Crippen LogP contribution in [-0.4, -0.2) is 30.9 Å². The number of hydrogen-bond acceptors (Lipinski definition) is 3. The lowest BCUT2D eigenvalue weighted by Gasteiger charge is -2.14. The van der Waals surface area contributed by atoms with Crippen molar-refractivity contribution in [3.63, 3.8) is 0 Å². The Kier molecular flexibility index (Phi) is 7.28. The monoisotopic (exact) mass is 389 g/mol. The van der Waals surface area contributed by atoms with Crippen LogP contribution < -0.4 is 10.6 Å². The van der Waals surface area contributed by atoms with E-state index >= 15 is 0 Å². The molecule has 0 bridgehead atoms. The molecule has 0 radical (unpaired) electrons. The smallest absolute Gasteiger partial charge is 0.239 e. The van der Waals surface area contributed by atoms with Gasteiger partial charge in [-0.3, -0.25) is 4.79 Å². The van der Waals surface area contributed by atoms with Gasteiger partial charge in [0.1, 0.15) is 0 Å². The van der Waals surface area contributed by atoms with Crippen molar-refractivity contribution in [2.24, 2.45) is 0 Å². The number of hydrogen-bond donors (Lipinski definition) is 2. The summed E-state index contributed by atoms with van der Waals surface area (Å²) in [7, 11) is 2.10. The van der Waals surface area contributed by atoms with Gasteiger partial charge in [-0.05, 0) is 49.0 Å². The minimum atomic E-state index is -0.0194. The molecule has 0 aromatic heterocycles. The van der Waals surface area contributed by atoms with Crippen molar-refractivity contribution >= 4 is 27.5 Å². The van der Waals surface area contributed by atoms with E-state index in [1.807, 2.05) is 36.4 Å². The summed E-state index contributed by atoms with van der Waals surface area (Å²) in [6.07, 6.45) is 0. The highest BCUT2D eigenvalue weighted by atomic mass is 79.9. The maximum Gasteiger partial charge on any atom is 0.239 e. The van der Waals surface area contributed by atoms with Crippen LogP contribution in [-0.2, 0) is 17.9 Å². The number of nitrogens with one attached hydrogen (secondary N) is 2. The Morgan fingerprint density at radius 2 is 1.83 bits per heavy atom. The SMILES string of the molecule is CCN(C)Cc1cccc(CNC(=O)CNc2ccc(Br)cc2)c1. The normalized spacial score (nSPS) is 10.7. The van der Waals surface area contributed by atoms with Gasteiger partial charge in [-0.15, -0.1) is 0 Å². The Bertz CT molecular complexity index is 658. The van der Waals surface area contributed by atoms with Crippen LogP contribution in [0, 0.1) is 0 Å². The summed E-state index contributed by atoms with van der Waals surface area (Å²) in [6, 6.07) is 16.1. The average Bonchev–Trinajstić information content (AvgIpc) is 2.59. The summed E-state index contributed by atoms with van der Waals surface area (Å²) in [5, 5.41) is 6.06. The second-order valence-corrected chi connectivity index (χ2v) is 6.70. The summed E-state index contributed by atoms with van der Waals surface area (Å²) >= 11 is 3.39. The summed E-state index contributed by atoms with van der Waals surface area (Å²) in [5.74, 6) is -0.0194. The highest BCUT2D eigenvalue weighted by molar-refractivity contribution is 9.10. The lowest BCUT2D eigenvalue weighted by molar-refractivity contribution is -0.119. The predicted octanol–water partition coefficient (Wildman–Crippen LogP) is 3.63. The molecule has 5 heteroatoms. The Hall–Kier alpha value is -1.85. The third-order valence-electron chi connectivity index (χ3n) is 3.77. The standard InChI is InChI=1S/C19H24BrN3O/c1-3-23(2)14-16-6-4-5-15(11-16)12-22-19(24)13-21-18-9-7-17(20)8-10-18/h4-11,21H,3,12-14H2,1-2H3,(H,22,24). The summed E-state index contributed by atoms with van der Waals surface area (Å²) in [5.41, 5.74) is 3.31. The molecule has 0 fully saturated rings. The van der Waals surface area contributed by atoms with Crippen LogP contribution in [0.4, 0.5) is 5.69 Å². The summed E-state index contributed by atoms with van der Waals surface area (Å²) < 4.78 is 1.02. The lowest BCUT2D eigenvalue weighted by Crippen LogP contribution is -2.29. The molecule has 1 amide bonds. The van der Waals surface area contributed by atoms with E-state index in [2.05, 4.69) is 57.6 Å². The molecule has 0 aliphatic carbocycles. The van der Waals surface area contributed by atoms with Gasteiger partial charge in [0, 0.05) is 23.2 Å². The number of carbonyl (C=O) groups excluding carboxylic acids is 1. The first-order valence-electron chi connectivity index (χ1n) is 8.09. The zero-order valence-corrected chi connectivity index (χ0v) is 15.8. The van der Waals surface area contributed by atoms with E-state index < -0.39 is 0 Å². The maximum absolute atomic E-state index is 12.0. The van der Waals surface area contributed by atoms with Crippen molar-refractivity contribution in [1.82, 2.24) is 10.2 Å². The topological polar surface area (TPSA) is 44.4 Å². The molecular weight excluding hydrogens is 366 g/mol. The molecule has 0 saturated heterocycles. The third-order valence-corrected chi connectivity index (χ3v) is 4.30. The number of rotatable bonds is 8. The predicted molar refractivity (Wildman–Crippen MR) is 103 cm³/mol. The van der Waals surface area contributed by atoms with Crippen LogP contribution in [0.3, 0.4) is 0 Å². The van der Waals surface area contributed by atoms with Crippen molar-refractivity contribution in [3.8, 4) is 0 Å². The van der Waals surface area contributed by atoms with Crippen molar-refractivity contribution in [2.75, 3.05) is 25.5 Å². The molecule has 2 aromatic rings. The van der Waals surface area contributed by atoms with Gasteiger partial charge in [-0.25, -0.2) is 0 Å². The number of nitrogens with zero attached hydrogens (tertiary/aromatic N) is 1. The van der Waals surface area contributed by atoms with Gasteiger partial charge < -0.3 is 15.5 Å². The average molecular weight is 390 g/mol. The van der Waals surface area contributed by atoms with Gasteiger partial charge in [0.2, 0.25) is 5.91 Å². The molecule has 24 heavy (non-hydrogen) atoms. The molecule has 0 aliphatic rings. The second-order valence-electron chi connectivity index (χ2n) is 5.79. The van der Waals surface area contributed by atoms with Gasteiger partial charge in [0.05, 0.1) is 6.54 Å². The molecule has 0 aliphatic heterocycles. The van der Waals surface area contributed by atoms with Crippen LogP contribution in [0.15, 0.2) is 53.0 Å². The van der Waals surface area contributed by atoms with E-state index in [4.69, 9.17) is 0 Å². The Morgan fingerprint density at radius 1 is 1.12 bits per heavy atom. The fraction of sp³-hybridized carbons (Fsp3) is 0.316. The largest absolute Gasteiger partial charge is 0.376 e.